The van der Waals surface area contributed by atoms with Gasteiger partial charge in [-0.15, -0.1) is 0 Å². The Balaban J connectivity index is 1.54. The van der Waals surface area contributed by atoms with E-state index in [1.165, 1.54) is 12.5 Å². The minimum atomic E-state index is -4.56. The molecular formula is C26H27F3N7+. The first-order valence-electron chi connectivity index (χ1n) is 11.4. The van der Waals surface area contributed by atoms with Gasteiger partial charge in [0.1, 0.15) is 16.9 Å². The number of anilines is 1. The SMILES string of the molecule is CC(/C=C(\N)C(F)(F)F)=[NH+]c1ccc(CNc2nc(-c3ccccc3C(C)C)c3[nH]cnc3n2)cc1. The zero-order valence-corrected chi connectivity index (χ0v) is 20.1. The van der Waals surface area contributed by atoms with E-state index < -0.39 is 11.9 Å². The first kappa shape index (κ1) is 24.9. The molecule has 5 N–H and O–H groups in total. The predicted molar refractivity (Wildman–Crippen MR) is 135 cm³/mol. The number of halogens is 3. The molecule has 2 aromatic carbocycles. The summed E-state index contributed by atoms with van der Waals surface area (Å²) >= 11 is 0. The lowest BCUT2D eigenvalue weighted by Gasteiger charge is -2.14. The van der Waals surface area contributed by atoms with Gasteiger partial charge in [0.2, 0.25) is 11.6 Å². The summed E-state index contributed by atoms with van der Waals surface area (Å²) in [5.74, 6) is 0.765. The van der Waals surface area contributed by atoms with Crippen LogP contribution in [0.2, 0.25) is 0 Å². The van der Waals surface area contributed by atoms with E-state index in [1.54, 1.807) is 18.5 Å². The smallest absolute Gasteiger partial charge is 0.395 e. The Labute approximate surface area is 206 Å². The number of rotatable bonds is 7. The summed E-state index contributed by atoms with van der Waals surface area (Å²) in [4.78, 5) is 19.7. The molecule has 0 aliphatic carbocycles. The molecule has 0 saturated heterocycles. The summed E-state index contributed by atoms with van der Waals surface area (Å²) in [5, 5.41) is 3.25. The minimum absolute atomic E-state index is 0.283. The summed E-state index contributed by atoms with van der Waals surface area (Å²) in [6.45, 7) is 6.25. The molecule has 0 atom stereocenters. The number of fused-ring (bicyclic) bond motifs is 1. The van der Waals surface area contributed by atoms with Crippen LogP contribution in [-0.4, -0.2) is 31.8 Å². The van der Waals surface area contributed by atoms with Gasteiger partial charge < -0.3 is 16.0 Å². The van der Waals surface area contributed by atoms with Crippen LogP contribution in [0.25, 0.3) is 22.4 Å². The number of hydrogen-bond donors (Lipinski definition) is 4. The van der Waals surface area contributed by atoms with E-state index in [4.69, 9.17) is 10.7 Å². The number of aromatic amines is 1. The molecule has 0 saturated carbocycles. The average Bonchev–Trinajstić information content (AvgIpc) is 3.31. The fraction of sp³-hybridized carbons (Fsp3) is 0.231. The molecular weight excluding hydrogens is 467 g/mol. The molecule has 4 rings (SSSR count). The van der Waals surface area contributed by atoms with Gasteiger partial charge in [0.05, 0.1) is 6.33 Å². The molecule has 0 spiro atoms. The maximum absolute atomic E-state index is 12.6. The van der Waals surface area contributed by atoms with E-state index in [1.807, 2.05) is 30.3 Å². The second-order valence-electron chi connectivity index (χ2n) is 8.69. The van der Waals surface area contributed by atoms with E-state index in [-0.39, 0.29) is 5.71 Å². The van der Waals surface area contributed by atoms with E-state index in [0.717, 1.165) is 28.4 Å². The maximum atomic E-state index is 12.6. The van der Waals surface area contributed by atoms with Crippen LogP contribution in [0, 0.1) is 0 Å². The Bertz CT molecular complexity index is 1420. The average molecular weight is 495 g/mol. The highest BCUT2D eigenvalue weighted by Crippen LogP contribution is 2.32. The van der Waals surface area contributed by atoms with Gasteiger partial charge in [-0.05, 0) is 17.0 Å². The number of nitrogens with two attached hydrogens (primary N) is 1. The number of nitrogens with zero attached hydrogens (tertiary/aromatic N) is 3. The van der Waals surface area contributed by atoms with Crippen LogP contribution in [0.15, 0.2) is 66.6 Å². The summed E-state index contributed by atoms with van der Waals surface area (Å²) in [5.41, 5.74) is 10.1. The number of aromatic nitrogens is 4. The van der Waals surface area contributed by atoms with E-state index in [2.05, 4.69) is 45.2 Å². The lowest BCUT2D eigenvalue weighted by molar-refractivity contribution is -0.353. The van der Waals surface area contributed by atoms with Gasteiger partial charge in [-0.3, -0.25) is 0 Å². The number of allylic oxidation sites excluding steroid dienone is 2. The zero-order valence-electron chi connectivity index (χ0n) is 20.1. The van der Waals surface area contributed by atoms with Crippen LogP contribution in [0.5, 0.6) is 0 Å². The van der Waals surface area contributed by atoms with Crippen LogP contribution in [-0.2, 0) is 6.54 Å². The third kappa shape index (κ3) is 5.70. The fourth-order valence-corrected chi connectivity index (χ4v) is 3.79. The van der Waals surface area contributed by atoms with Crippen molar-refractivity contribution in [3.63, 3.8) is 0 Å². The summed E-state index contributed by atoms with van der Waals surface area (Å²) in [6.07, 6.45) is -2.09. The van der Waals surface area contributed by atoms with Crippen molar-refractivity contribution in [3.05, 3.63) is 77.8 Å². The van der Waals surface area contributed by atoms with Gasteiger partial charge in [-0.25, -0.2) is 15.0 Å². The highest BCUT2D eigenvalue weighted by atomic mass is 19.4. The Morgan fingerprint density at radius 1 is 1.11 bits per heavy atom. The van der Waals surface area contributed by atoms with Gasteiger partial charge in [0, 0.05) is 37.2 Å². The molecule has 2 heterocycles. The van der Waals surface area contributed by atoms with Crippen molar-refractivity contribution < 1.29 is 18.2 Å². The van der Waals surface area contributed by atoms with E-state index >= 15 is 0 Å². The van der Waals surface area contributed by atoms with Gasteiger partial charge in [0.25, 0.3) is 0 Å². The Morgan fingerprint density at radius 3 is 2.53 bits per heavy atom. The second kappa shape index (κ2) is 10.2. The van der Waals surface area contributed by atoms with Crippen LogP contribution in [0.3, 0.4) is 0 Å². The molecule has 4 aromatic rings. The predicted octanol–water partition coefficient (Wildman–Crippen LogP) is 4.33. The standard InChI is InChI=1S/C26H26F3N7/c1-15(2)19-6-4-5-7-20(19)22-23-24(33-14-32-23)36-25(35-22)31-13-17-8-10-18(11-9-17)34-16(3)12-21(30)26(27,28)29/h4-12,14-15H,13,30H2,1-3H3,(H2,31,32,33,35,36)/p+1/b21-12-,34-16?. The first-order chi connectivity index (χ1) is 17.1. The highest BCUT2D eigenvalue weighted by Gasteiger charge is 2.31. The van der Waals surface area contributed by atoms with Crippen LogP contribution in [0.1, 0.15) is 37.8 Å². The lowest BCUT2D eigenvalue weighted by Crippen LogP contribution is -2.65. The molecule has 10 heteroatoms. The summed E-state index contributed by atoms with van der Waals surface area (Å²) in [7, 11) is 0. The molecule has 0 aliphatic heterocycles. The van der Waals surface area contributed by atoms with Crippen molar-refractivity contribution in [1.29, 1.82) is 0 Å². The van der Waals surface area contributed by atoms with Crippen molar-refractivity contribution in [2.24, 2.45) is 5.73 Å². The molecule has 36 heavy (non-hydrogen) atoms. The van der Waals surface area contributed by atoms with Crippen LogP contribution < -0.4 is 16.0 Å². The number of hydrogen-bond acceptors (Lipinski definition) is 5. The quantitative estimate of drug-likeness (QED) is 0.286. The summed E-state index contributed by atoms with van der Waals surface area (Å²) < 4.78 is 37.8. The molecule has 0 aliphatic rings. The third-order valence-electron chi connectivity index (χ3n) is 5.57. The molecule has 186 valence electrons. The van der Waals surface area contributed by atoms with Gasteiger partial charge in [-0.1, -0.05) is 50.2 Å². The van der Waals surface area contributed by atoms with Crippen LogP contribution in [0.4, 0.5) is 24.8 Å². The van der Waals surface area contributed by atoms with Crippen molar-refractivity contribution >= 4 is 28.5 Å². The number of H-pyrrole nitrogens is 1. The van der Waals surface area contributed by atoms with E-state index in [0.29, 0.717) is 29.7 Å². The molecule has 0 unspecified atom stereocenters. The number of alkyl halides is 3. The lowest BCUT2D eigenvalue weighted by atomic mass is 9.95. The van der Waals surface area contributed by atoms with Gasteiger partial charge in [0.15, 0.2) is 11.4 Å². The highest BCUT2D eigenvalue weighted by molar-refractivity contribution is 5.89. The van der Waals surface area contributed by atoms with Crippen molar-refractivity contribution in [1.82, 2.24) is 19.9 Å². The van der Waals surface area contributed by atoms with E-state index in [9.17, 15) is 13.2 Å². The third-order valence-corrected chi connectivity index (χ3v) is 5.57. The Morgan fingerprint density at radius 2 is 1.83 bits per heavy atom. The molecule has 7 nitrogen and oxygen atoms in total. The largest absolute Gasteiger partial charge is 0.430 e. The van der Waals surface area contributed by atoms with Crippen molar-refractivity contribution in [2.75, 3.05) is 5.32 Å². The first-order valence-corrected chi connectivity index (χ1v) is 11.4. The normalized spacial score (nSPS) is 13.0. The van der Waals surface area contributed by atoms with Crippen molar-refractivity contribution in [2.45, 2.75) is 39.4 Å². The molecule has 0 amide bonds. The van der Waals surface area contributed by atoms with Crippen molar-refractivity contribution in [3.8, 4) is 11.3 Å². The zero-order chi connectivity index (χ0) is 25.9. The van der Waals surface area contributed by atoms with Gasteiger partial charge in [-0.2, -0.15) is 18.2 Å². The molecule has 0 fully saturated rings. The minimum Gasteiger partial charge on any atom is -0.395 e. The Hall–Kier alpha value is -4.21. The number of nitrogens with one attached hydrogen (secondary N) is 3. The summed E-state index contributed by atoms with van der Waals surface area (Å²) in [6, 6.07) is 15.4. The fourth-order valence-electron chi connectivity index (χ4n) is 3.79. The number of benzene rings is 2. The molecule has 2 aromatic heterocycles. The Kier molecular flexibility index (Phi) is 7.05. The molecule has 0 bridgehead atoms. The van der Waals surface area contributed by atoms with Crippen LogP contribution >= 0.6 is 0 Å². The topological polar surface area (TPSA) is 106 Å². The second-order valence-corrected chi connectivity index (χ2v) is 8.69. The monoisotopic (exact) mass is 494 g/mol. The van der Waals surface area contributed by atoms with Gasteiger partial charge >= 0.3 is 6.18 Å². The maximum Gasteiger partial charge on any atom is 0.430 e. The number of imidazole rings is 1. The molecule has 0 radical (unpaired) electrons.